The fourth-order valence-corrected chi connectivity index (χ4v) is 22.1. The van der Waals surface area contributed by atoms with Crippen LogP contribution >= 0.6 is 0 Å². The monoisotopic (exact) mass is 812 g/mol. The van der Waals surface area contributed by atoms with Crippen LogP contribution in [-0.4, -0.2) is 33.4 Å². The number of unbranched alkanes of at least 4 members (excludes halogenated alkanes) is 3. The zero-order chi connectivity index (χ0) is 42.1. The molecule has 8 aliphatic rings. The lowest BCUT2D eigenvalue weighted by molar-refractivity contribution is -0.00471. The number of para-hydroxylation sites is 1. The standard InChI is InChI=1S/C56H81NOSi/c1-52(2,3)58-30-20-14-15-21-31-59(13,51-37-23-17-16-22-36(37)49-48(51)38-24-18-19-25-47(38)57(49)12)50-41-34-45-43(53(4,5)26-28-55(45,8)9)32-39(41)40-33-44-46(35-42(40)50)56(10,11)29-27-54(44,6)7/h16-19,22-25,32-37,39-42,48-51H,14-15,20-21,26-31H2,1-13H3. The lowest BCUT2D eigenvalue weighted by Crippen LogP contribution is -2.49. The molecule has 2 nitrogen and oxygen atoms in total. The van der Waals surface area contributed by atoms with Gasteiger partial charge in [-0.25, -0.2) is 0 Å². The zero-order valence-corrected chi connectivity index (χ0v) is 40.6. The predicted molar refractivity (Wildman–Crippen MR) is 255 cm³/mol. The summed E-state index contributed by atoms with van der Waals surface area (Å²) in [5.74, 6) is 4.14. The Hall–Kier alpha value is -2.36. The highest BCUT2D eigenvalue weighted by Crippen LogP contribution is 2.72. The van der Waals surface area contributed by atoms with Gasteiger partial charge in [0.15, 0.2) is 0 Å². The Labute approximate surface area is 362 Å². The third-order valence-electron chi connectivity index (χ3n) is 18.4. The molecule has 59 heavy (non-hydrogen) atoms. The maximum absolute atomic E-state index is 6.22. The number of likely N-dealkylation sites (N-methyl/N-ethyl adjacent to an activating group) is 1. The van der Waals surface area contributed by atoms with Gasteiger partial charge in [-0.15, -0.1) is 0 Å². The van der Waals surface area contributed by atoms with Crippen LogP contribution in [0.15, 0.2) is 95.2 Å². The van der Waals surface area contributed by atoms with E-state index in [1.54, 1.807) is 27.9 Å². The van der Waals surface area contributed by atoms with Crippen LogP contribution in [-0.2, 0) is 4.74 Å². The van der Waals surface area contributed by atoms with E-state index in [2.05, 4.69) is 168 Å². The SMILES string of the molecule is CN1c2ccccc2C2C1C1C=CC=CC1C2[Si](C)(CCCCCCOC(C)(C)C)C1C2C=C3C(=CC2C2C=C4C(=CC21)C(C)(C)CCC4(C)C)C(C)(C)CCC3(C)C. The number of anilines is 1. The normalized spacial score (nSPS) is 37.3. The molecule has 320 valence electrons. The molecule has 0 spiro atoms. The van der Waals surface area contributed by atoms with Gasteiger partial charge in [0.1, 0.15) is 0 Å². The fourth-order valence-electron chi connectivity index (χ4n) is 15.2. The van der Waals surface area contributed by atoms with Crippen molar-refractivity contribution in [3.05, 3.63) is 101 Å². The third kappa shape index (κ3) is 6.78. The minimum atomic E-state index is -2.16. The Morgan fingerprint density at radius 1 is 0.610 bits per heavy atom. The zero-order valence-electron chi connectivity index (χ0n) is 39.6. The van der Waals surface area contributed by atoms with E-state index in [-0.39, 0.29) is 27.3 Å². The van der Waals surface area contributed by atoms with Gasteiger partial charge in [-0.1, -0.05) is 154 Å². The van der Waals surface area contributed by atoms with E-state index < -0.39 is 8.07 Å². The van der Waals surface area contributed by atoms with Gasteiger partial charge in [0.25, 0.3) is 0 Å². The van der Waals surface area contributed by atoms with Gasteiger partial charge in [0.2, 0.25) is 0 Å². The van der Waals surface area contributed by atoms with E-state index in [0.717, 1.165) is 6.61 Å². The van der Waals surface area contributed by atoms with Crippen LogP contribution in [0.1, 0.15) is 139 Å². The molecule has 10 atom stereocenters. The van der Waals surface area contributed by atoms with E-state index in [0.29, 0.717) is 58.5 Å². The van der Waals surface area contributed by atoms with Gasteiger partial charge in [-0.3, -0.25) is 0 Å². The topological polar surface area (TPSA) is 12.5 Å². The van der Waals surface area contributed by atoms with Crippen molar-refractivity contribution >= 4 is 13.8 Å². The van der Waals surface area contributed by atoms with Crippen LogP contribution in [0, 0.1) is 57.2 Å². The molecule has 10 unspecified atom stereocenters. The van der Waals surface area contributed by atoms with Crippen molar-refractivity contribution in [3.8, 4) is 0 Å². The molecule has 0 amide bonds. The highest BCUT2D eigenvalue weighted by molar-refractivity contribution is 6.82. The van der Waals surface area contributed by atoms with Gasteiger partial charge in [0, 0.05) is 37.2 Å². The van der Waals surface area contributed by atoms with Crippen LogP contribution in [0.25, 0.3) is 0 Å². The van der Waals surface area contributed by atoms with Crippen molar-refractivity contribution in [2.75, 3.05) is 18.6 Å². The number of fused-ring (bicyclic) bond motifs is 10. The molecule has 0 saturated heterocycles. The minimum Gasteiger partial charge on any atom is -0.376 e. The molecular weight excluding hydrogens is 731 g/mol. The Morgan fingerprint density at radius 2 is 1.08 bits per heavy atom. The largest absolute Gasteiger partial charge is 0.376 e. The summed E-state index contributed by atoms with van der Waals surface area (Å²) in [6.07, 6.45) is 32.4. The minimum absolute atomic E-state index is 0.0564. The lowest BCUT2D eigenvalue weighted by atomic mass is 9.56. The molecule has 9 rings (SSSR count). The highest BCUT2D eigenvalue weighted by Gasteiger charge is 2.67. The number of hydrogen-bond donors (Lipinski definition) is 0. The second-order valence-electron chi connectivity index (χ2n) is 25.0. The van der Waals surface area contributed by atoms with Gasteiger partial charge in [0.05, 0.1) is 13.7 Å². The van der Waals surface area contributed by atoms with Gasteiger partial charge in [-0.2, -0.15) is 0 Å². The molecule has 4 fully saturated rings. The van der Waals surface area contributed by atoms with Crippen LogP contribution in [0.4, 0.5) is 5.69 Å². The average molecular weight is 812 g/mol. The summed E-state index contributed by atoms with van der Waals surface area (Å²) in [5, 5.41) is 0. The number of allylic oxidation sites excluding steroid dienone is 11. The van der Waals surface area contributed by atoms with Gasteiger partial charge < -0.3 is 9.64 Å². The summed E-state index contributed by atoms with van der Waals surface area (Å²) in [5.41, 5.74) is 12.3. The molecule has 1 aromatic rings. The van der Waals surface area contributed by atoms with Crippen molar-refractivity contribution < 1.29 is 4.74 Å². The second-order valence-corrected chi connectivity index (χ2v) is 29.8. The first kappa shape index (κ1) is 42.0. The fraction of sp³-hybridized carbons (Fsp3) is 0.679. The van der Waals surface area contributed by atoms with Crippen LogP contribution < -0.4 is 4.90 Å². The van der Waals surface area contributed by atoms with Crippen molar-refractivity contribution in [3.63, 3.8) is 0 Å². The number of hydrogen-bond acceptors (Lipinski definition) is 2. The maximum Gasteiger partial charge on any atom is 0.0598 e. The molecule has 1 aliphatic heterocycles. The molecule has 1 heterocycles. The molecule has 0 aromatic heterocycles. The molecule has 7 aliphatic carbocycles. The van der Waals surface area contributed by atoms with Crippen molar-refractivity contribution in [2.24, 2.45) is 57.2 Å². The quantitative estimate of drug-likeness (QED) is 0.182. The van der Waals surface area contributed by atoms with Gasteiger partial charge >= 0.3 is 0 Å². The molecule has 4 saturated carbocycles. The Morgan fingerprint density at radius 3 is 1.61 bits per heavy atom. The number of nitrogens with zero attached hydrogens (tertiary/aromatic N) is 1. The first-order chi connectivity index (χ1) is 27.7. The molecule has 1 aromatic carbocycles. The molecule has 3 heteroatoms. The van der Waals surface area contributed by atoms with E-state index >= 15 is 0 Å². The summed E-state index contributed by atoms with van der Waals surface area (Å²) >= 11 is 0. The van der Waals surface area contributed by atoms with Crippen LogP contribution in [0.5, 0.6) is 0 Å². The summed E-state index contributed by atoms with van der Waals surface area (Å²) in [6, 6.07) is 11.6. The summed E-state index contributed by atoms with van der Waals surface area (Å²) in [6.45, 7) is 31.1. The van der Waals surface area contributed by atoms with Crippen molar-refractivity contribution in [2.45, 2.75) is 169 Å². The van der Waals surface area contributed by atoms with E-state index in [1.165, 1.54) is 63.1 Å². The number of rotatable bonds is 9. The van der Waals surface area contributed by atoms with Crippen LogP contribution in [0.2, 0.25) is 23.7 Å². The number of benzene rings is 1. The molecule has 0 radical (unpaired) electrons. The number of ether oxygens (including phenoxy) is 1. The van der Waals surface area contributed by atoms with Crippen molar-refractivity contribution in [1.29, 1.82) is 0 Å². The maximum atomic E-state index is 6.22. The first-order valence-electron chi connectivity index (χ1n) is 24.4. The van der Waals surface area contributed by atoms with Crippen molar-refractivity contribution in [1.82, 2.24) is 0 Å². The summed E-state index contributed by atoms with van der Waals surface area (Å²) < 4.78 is 6.22. The first-order valence-corrected chi connectivity index (χ1v) is 27.2. The smallest absolute Gasteiger partial charge is 0.0598 e. The molecular formula is C56H81NOSi. The molecule has 0 bridgehead atoms. The third-order valence-corrected chi connectivity index (χ3v) is 24.4. The van der Waals surface area contributed by atoms with E-state index in [1.807, 2.05) is 0 Å². The lowest BCUT2D eigenvalue weighted by Gasteiger charge is -2.51. The Kier molecular flexibility index (Phi) is 10.2. The van der Waals surface area contributed by atoms with Crippen LogP contribution in [0.3, 0.4) is 0 Å². The second kappa shape index (κ2) is 14.3. The predicted octanol–water partition coefficient (Wildman–Crippen LogP) is 15.1. The molecule has 0 N–H and O–H groups in total. The highest BCUT2D eigenvalue weighted by atomic mass is 28.3. The summed E-state index contributed by atoms with van der Waals surface area (Å²) in [4.78, 5) is 2.74. The average Bonchev–Trinajstić information content (AvgIpc) is 3.79. The van der Waals surface area contributed by atoms with Gasteiger partial charge in [-0.05, 0) is 149 Å². The Bertz CT molecular complexity index is 1930. The van der Waals surface area contributed by atoms with E-state index in [4.69, 9.17) is 4.74 Å². The van der Waals surface area contributed by atoms with E-state index in [9.17, 15) is 0 Å². The summed E-state index contributed by atoms with van der Waals surface area (Å²) in [7, 11) is 0.277. The Balaban J connectivity index is 1.21.